The van der Waals surface area contributed by atoms with E-state index in [1.165, 1.54) is 5.56 Å². The summed E-state index contributed by atoms with van der Waals surface area (Å²) in [6.45, 7) is 2.70. The fraction of sp³-hybridized carbons (Fsp3) is 0.158. The largest absolute Gasteiger partial charge is 0.507 e. The van der Waals surface area contributed by atoms with Crippen molar-refractivity contribution in [3.05, 3.63) is 80.0 Å². The van der Waals surface area contributed by atoms with Crippen LogP contribution in [0.2, 0.25) is 0 Å². The lowest BCUT2D eigenvalue weighted by atomic mass is 10.2. The van der Waals surface area contributed by atoms with Crippen molar-refractivity contribution in [2.24, 2.45) is 10.1 Å². The predicted molar refractivity (Wildman–Crippen MR) is 106 cm³/mol. The molecule has 128 valence electrons. The summed E-state index contributed by atoms with van der Waals surface area (Å²) in [6, 6.07) is 15.6. The van der Waals surface area contributed by atoms with E-state index >= 15 is 0 Å². The van der Waals surface area contributed by atoms with Crippen molar-refractivity contribution in [3.8, 4) is 5.75 Å². The van der Waals surface area contributed by atoms with Crippen LogP contribution in [0.3, 0.4) is 0 Å². The van der Waals surface area contributed by atoms with Crippen LogP contribution in [0.1, 0.15) is 16.8 Å². The van der Waals surface area contributed by atoms with Crippen LogP contribution in [0.5, 0.6) is 5.75 Å². The summed E-state index contributed by atoms with van der Waals surface area (Å²) in [5.74, 6) is 0.197. The highest BCUT2D eigenvalue weighted by molar-refractivity contribution is 9.10. The van der Waals surface area contributed by atoms with Crippen LogP contribution in [-0.2, 0) is 6.42 Å². The molecule has 1 heterocycles. The van der Waals surface area contributed by atoms with Crippen LogP contribution >= 0.6 is 27.3 Å². The van der Waals surface area contributed by atoms with Crippen molar-refractivity contribution < 1.29 is 5.11 Å². The van der Waals surface area contributed by atoms with Gasteiger partial charge in [-0.25, -0.2) is 4.68 Å². The van der Waals surface area contributed by atoms with Gasteiger partial charge < -0.3 is 5.11 Å². The van der Waals surface area contributed by atoms with Crippen LogP contribution in [0.4, 0.5) is 0 Å². The summed E-state index contributed by atoms with van der Waals surface area (Å²) in [6.07, 6.45) is 2.55. The van der Waals surface area contributed by atoms with Crippen molar-refractivity contribution in [1.29, 1.82) is 0 Å². The van der Waals surface area contributed by atoms with E-state index in [2.05, 4.69) is 38.2 Å². The Bertz CT molecular complexity index is 945. The second-order valence-corrected chi connectivity index (χ2v) is 7.29. The molecule has 0 amide bonds. The molecule has 0 saturated carbocycles. The normalized spacial score (nSPS) is 12.2. The van der Waals surface area contributed by atoms with Crippen molar-refractivity contribution in [2.45, 2.75) is 13.3 Å². The Morgan fingerprint density at radius 1 is 1.20 bits per heavy atom. The highest BCUT2D eigenvalue weighted by Gasteiger charge is 2.02. The third-order valence-corrected chi connectivity index (χ3v) is 5.11. The molecule has 0 aliphatic rings. The van der Waals surface area contributed by atoms with Gasteiger partial charge in [0.2, 0.25) is 4.80 Å². The summed E-state index contributed by atoms with van der Waals surface area (Å²) < 4.78 is 2.70. The molecular weight excluding hydrogens is 398 g/mol. The number of rotatable bonds is 5. The molecule has 0 spiro atoms. The first-order chi connectivity index (χ1) is 12.1. The molecule has 0 aliphatic heterocycles. The number of hydrogen-bond donors (Lipinski definition) is 1. The average molecular weight is 416 g/mol. The standard InChI is InChI=1S/C19H18BrN3OS/c1-14-13-25-19(21-10-9-15-5-3-2-4-6-15)23(14)22-12-16-11-17(20)7-8-18(16)24/h2-8,11-13,24H,9-10H2,1H3. The van der Waals surface area contributed by atoms with E-state index in [1.54, 1.807) is 34.4 Å². The summed E-state index contributed by atoms with van der Waals surface area (Å²) in [7, 11) is 0. The van der Waals surface area contributed by atoms with Crippen LogP contribution in [-0.4, -0.2) is 22.5 Å². The first-order valence-corrected chi connectivity index (χ1v) is 9.55. The predicted octanol–water partition coefficient (Wildman–Crippen LogP) is 4.35. The first-order valence-electron chi connectivity index (χ1n) is 7.88. The number of aromatic hydroxyl groups is 1. The monoisotopic (exact) mass is 415 g/mol. The molecule has 0 saturated heterocycles. The van der Waals surface area contributed by atoms with Gasteiger partial charge in [0.15, 0.2) is 0 Å². The number of aryl methyl sites for hydroxylation is 1. The highest BCUT2D eigenvalue weighted by atomic mass is 79.9. The Labute approximate surface area is 158 Å². The van der Waals surface area contributed by atoms with Crippen molar-refractivity contribution in [1.82, 2.24) is 4.68 Å². The Hall–Kier alpha value is -2.18. The Morgan fingerprint density at radius 2 is 2.00 bits per heavy atom. The lowest BCUT2D eigenvalue weighted by Crippen LogP contribution is -2.13. The van der Waals surface area contributed by atoms with Crippen molar-refractivity contribution >= 4 is 33.5 Å². The fourth-order valence-electron chi connectivity index (χ4n) is 2.31. The van der Waals surface area contributed by atoms with Gasteiger partial charge in [-0.2, -0.15) is 5.10 Å². The molecule has 3 aromatic rings. The van der Waals surface area contributed by atoms with Crippen molar-refractivity contribution in [3.63, 3.8) is 0 Å². The Kier molecular flexibility index (Phi) is 5.83. The van der Waals surface area contributed by atoms with Crippen LogP contribution in [0.15, 0.2) is 68.5 Å². The number of thiazole rings is 1. The third-order valence-electron chi connectivity index (χ3n) is 3.64. The minimum Gasteiger partial charge on any atom is -0.507 e. The molecule has 3 rings (SSSR count). The molecule has 2 aromatic carbocycles. The zero-order valence-corrected chi connectivity index (χ0v) is 16.2. The molecule has 0 unspecified atom stereocenters. The van der Waals surface area contributed by atoms with E-state index in [1.807, 2.05) is 36.6 Å². The number of aromatic nitrogens is 1. The molecule has 0 radical (unpaired) electrons. The maximum atomic E-state index is 9.93. The summed E-state index contributed by atoms with van der Waals surface area (Å²) in [5, 5.41) is 16.4. The first kappa shape index (κ1) is 17.6. The van der Waals surface area contributed by atoms with E-state index in [-0.39, 0.29) is 5.75 Å². The van der Waals surface area contributed by atoms with Gasteiger partial charge in [0, 0.05) is 22.0 Å². The van der Waals surface area contributed by atoms with E-state index in [0.717, 1.165) is 21.4 Å². The minimum atomic E-state index is 0.197. The molecule has 25 heavy (non-hydrogen) atoms. The van der Waals surface area contributed by atoms with Gasteiger partial charge in [0.1, 0.15) is 5.75 Å². The quantitative estimate of drug-likeness (QED) is 0.618. The maximum absolute atomic E-state index is 9.93. The smallest absolute Gasteiger partial charge is 0.205 e. The molecule has 0 aliphatic carbocycles. The Balaban J connectivity index is 1.80. The molecule has 0 fully saturated rings. The van der Waals surface area contributed by atoms with Crippen LogP contribution in [0.25, 0.3) is 0 Å². The average Bonchev–Trinajstić information content (AvgIpc) is 2.97. The van der Waals surface area contributed by atoms with Gasteiger partial charge in [-0.15, -0.1) is 11.3 Å². The SMILES string of the molecule is Cc1csc(=NCCc2ccccc2)n1N=Cc1cc(Br)ccc1O. The van der Waals surface area contributed by atoms with E-state index in [0.29, 0.717) is 12.1 Å². The number of phenolic OH excluding ortho intramolecular Hbond substituents is 1. The lowest BCUT2D eigenvalue weighted by molar-refractivity contribution is 0.474. The molecule has 1 aromatic heterocycles. The van der Waals surface area contributed by atoms with E-state index < -0.39 is 0 Å². The van der Waals surface area contributed by atoms with Gasteiger partial charge in [0.25, 0.3) is 0 Å². The van der Waals surface area contributed by atoms with Crippen molar-refractivity contribution in [2.75, 3.05) is 6.54 Å². The number of benzene rings is 2. The molecule has 6 heteroatoms. The fourth-order valence-corrected chi connectivity index (χ4v) is 3.52. The Morgan fingerprint density at radius 3 is 2.80 bits per heavy atom. The van der Waals surface area contributed by atoms with Crippen LogP contribution < -0.4 is 4.80 Å². The third kappa shape index (κ3) is 4.67. The second-order valence-electron chi connectivity index (χ2n) is 5.54. The van der Waals surface area contributed by atoms with Gasteiger partial charge in [-0.05, 0) is 37.1 Å². The number of hydrogen-bond acceptors (Lipinski definition) is 4. The highest BCUT2D eigenvalue weighted by Crippen LogP contribution is 2.20. The van der Waals surface area contributed by atoms with Gasteiger partial charge >= 0.3 is 0 Å². The van der Waals surface area contributed by atoms with E-state index in [4.69, 9.17) is 0 Å². The minimum absolute atomic E-state index is 0.197. The number of nitrogens with zero attached hydrogens (tertiary/aromatic N) is 3. The second kappa shape index (κ2) is 8.27. The van der Waals surface area contributed by atoms with Crippen LogP contribution in [0, 0.1) is 6.92 Å². The summed E-state index contributed by atoms with van der Waals surface area (Å²) >= 11 is 4.97. The van der Waals surface area contributed by atoms with Gasteiger partial charge in [-0.3, -0.25) is 4.99 Å². The summed E-state index contributed by atoms with van der Waals surface area (Å²) in [5.41, 5.74) is 2.94. The van der Waals surface area contributed by atoms with E-state index in [9.17, 15) is 5.11 Å². The molecule has 1 N–H and O–H groups in total. The maximum Gasteiger partial charge on any atom is 0.205 e. The zero-order chi connectivity index (χ0) is 17.6. The summed E-state index contributed by atoms with van der Waals surface area (Å²) in [4.78, 5) is 5.52. The molecule has 0 bridgehead atoms. The van der Waals surface area contributed by atoms with Gasteiger partial charge in [0.05, 0.1) is 11.9 Å². The molecule has 0 atom stereocenters. The molecular formula is C19H18BrN3OS. The zero-order valence-electron chi connectivity index (χ0n) is 13.8. The molecule has 4 nitrogen and oxygen atoms in total. The topological polar surface area (TPSA) is 49.9 Å². The number of halogens is 1. The lowest BCUT2D eigenvalue weighted by Gasteiger charge is -2.01. The number of phenols is 1. The van der Waals surface area contributed by atoms with Gasteiger partial charge in [-0.1, -0.05) is 46.3 Å².